The van der Waals surface area contributed by atoms with Gasteiger partial charge in [0.2, 0.25) is 0 Å². The van der Waals surface area contributed by atoms with Gasteiger partial charge in [-0.05, 0) is 6.42 Å². The number of hydrogen-bond donors (Lipinski definition) is 0. The molecule has 3 heterocycles. The largest absolute Gasteiger partial charge is 0.378 e. The topological polar surface area (TPSA) is 30.9 Å². The van der Waals surface area contributed by atoms with Gasteiger partial charge in [0.25, 0.3) is 0 Å². The molecule has 0 saturated carbocycles. The van der Waals surface area contributed by atoms with Crippen LogP contribution >= 0.6 is 0 Å². The molecule has 0 aromatic heterocycles. The maximum atomic E-state index is 5.69. The molecule has 0 aliphatic carbocycles. The molecule has 0 radical (unpaired) electrons. The van der Waals surface area contributed by atoms with Crippen LogP contribution < -0.4 is 0 Å². The van der Waals surface area contributed by atoms with E-state index in [4.69, 9.17) is 14.2 Å². The highest BCUT2D eigenvalue weighted by molar-refractivity contribution is 5.11. The zero-order valence-corrected chi connectivity index (χ0v) is 8.15. The summed E-state index contributed by atoms with van der Waals surface area (Å²) in [5.41, 5.74) is 1.21. The van der Waals surface area contributed by atoms with E-state index in [-0.39, 0.29) is 6.29 Å². The summed E-state index contributed by atoms with van der Waals surface area (Å²) >= 11 is 0. The molecule has 0 aromatic rings. The smallest absolute Gasteiger partial charge is 0.198 e. The maximum Gasteiger partial charge on any atom is 0.198 e. The van der Waals surface area contributed by atoms with Gasteiger partial charge in [-0.15, -0.1) is 0 Å². The average Bonchev–Trinajstić information content (AvgIpc) is 2.62. The average molecular weight is 197 g/mol. The molecule has 0 N–H and O–H groups in total. The number of fused-ring (bicyclic) bond motifs is 2. The van der Waals surface area contributed by atoms with Gasteiger partial charge in [-0.2, -0.15) is 0 Å². The molecule has 3 rings (SSSR count). The lowest BCUT2D eigenvalue weighted by atomic mass is 10.2. The second-order valence-corrected chi connectivity index (χ2v) is 3.89. The van der Waals surface area contributed by atoms with E-state index < -0.39 is 0 Å². The number of ether oxygens (including phenoxy) is 3. The van der Waals surface area contributed by atoms with Crippen LogP contribution in [-0.4, -0.2) is 50.2 Å². The molecule has 0 amide bonds. The standard InChI is InChI=1S/C10H15NO3/c1-2-9(10-13-7-8(1)14-10)11-3-5-12-6-4-11/h2,8,10H,1,3-7H2/t8-,10+/m0/s1. The molecule has 0 unspecified atom stereocenters. The molecule has 3 aliphatic rings. The molecular formula is C10H15NO3. The minimum Gasteiger partial charge on any atom is -0.378 e. The van der Waals surface area contributed by atoms with Gasteiger partial charge in [0.05, 0.1) is 31.6 Å². The summed E-state index contributed by atoms with van der Waals surface area (Å²) in [5.74, 6) is 0. The van der Waals surface area contributed by atoms with E-state index in [1.54, 1.807) is 0 Å². The number of nitrogens with zero attached hydrogens (tertiary/aromatic N) is 1. The van der Waals surface area contributed by atoms with Crippen LogP contribution in [0.3, 0.4) is 0 Å². The number of rotatable bonds is 1. The van der Waals surface area contributed by atoms with Crippen molar-refractivity contribution < 1.29 is 14.2 Å². The van der Waals surface area contributed by atoms with Gasteiger partial charge < -0.3 is 19.1 Å². The molecule has 4 nitrogen and oxygen atoms in total. The fraction of sp³-hybridized carbons (Fsp3) is 0.800. The van der Waals surface area contributed by atoms with Crippen LogP contribution in [0.4, 0.5) is 0 Å². The van der Waals surface area contributed by atoms with E-state index in [0.717, 1.165) is 39.3 Å². The van der Waals surface area contributed by atoms with Crippen molar-refractivity contribution in [2.24, 2.45) is 0 Å². The molecule has 2 fully saturated rings. The minimum absolute atomic E-state index is 0.105. The van der Waals surface area contributed by atoms with Crippen molar-refractivity contribution in [3.63, 3.8) is 0 Å². The summed E-state index contributed by atoms with van der Waals surface area (Å²) in [5, 5.41) is 0. The van der Waals surface area contributed by atoms with Crippen LogP contribution in [0.1, 0.15) is 6.42 Å². The van der Waals surface area contributed by atoms with Gasteiger partial charge in [0, 0.05) is 13.1 Å². The molecule has 0 spiro atoms. The molecule has 4 heteroatoms. The molecule has 14 heavy (non-hydrogen) atoms. The van der Waals surface area contributed by atoms with Crippen molar-refractivity contribution in [1.82, 2.24) is 4.90 Å². The highest BCUT2D eigenvalue weighted by Crippen LogP contribution is 2.29. The third-order valence-electron chi connectivity index (χ3n) is 2.96. The number of hydrogen-bond acceptors (Lipinski definition) is 4. The quantitative estimate of drug-likeness (QED) is 0.607. The summed E-state index contributed by atoms with van der Waals surface area (Å²) in [4.78, 5) is 2.32. The van der Waals surface area contributed by atoms with Crippen molar-refractivity contribution in [3.8, 4) is 0 Å². The van der Waals surface area contributed by atoms with Gasteiger partial charge in [0.15, 0.2) is 6.29 Å². The number of morpholine rings is 1. The third-order valence-corrected chi connectivity index (χ3v) is 2.96. The van der Waals surface area contributed by atoms with Crippen LogP contribution in [0.25, 0.3) is 0 Å². The Kier molecular flexibility index (Phi) is 2.20. The summed E-state index contributed by atoms with van der Waals surface area (Å²) in [6.45, 7) is 4.29. The lowest BCUT2D eigenvalue weighted by molar-refractivity contribution is -0.0633. The Morgan fingerprint density at radius 2 is 2.14 bits per heavy atom. The van der Waals surface area contributed by atoms with E-state index in [9.17, 15) is 0 Å². The minimum atomic E-state index is -0.105. The molecular weight excluding hydrogens is 182 g/mol. The molecule has 3 aliphatic heterocycles. The van der Waals surface area contributed by atoms with Gasteiger partial charge >= 0.3 is 0 Å². The third kappa shape index (κ3) is 1.43. The van der Waals surface area contributed by atoms with Crippen molar-refractivity contribution in [1.29, 1.82) is 0 Å². The lowest BCUT2D eigenvalue weighted by Gasteiger charge is -2.34. The second-order valence-electron chi connectivity index (χ2n) is 3.89. The Morgan fingerprint density at radius 1 is 1.29 bits per heavy atom. The summed E-state index contributed by atoms with van der Waals surface area (Å²) in [6, 6.07) is 0. The first kappa shape index (κ1) is 8.71. The van der Waals surface area contributed by atoms with Crippen molar-refractivity contribution in [3.05, 3.63) is 11.8 Å². The van der Waals surface area contributed by atoms with Crippen LogP contribution in [-0.2, 0) is 14.2 Å². The Labute approximate surface area is 83.4 Å². The van der Waals surface area contributed by atoms with Crippen LogP contribution in [0.2, 0.25) is 0 Å². The zero-order valence-electron chi connectivity index (χ0n) is 8.15. The predicted molar refractivity (Wildman–Crippen MR) is 49.7 cm³/mol. The van der Waals surface area contributed by atoms with Crippen LogP contribution in [0.5, 0.6) is 0 Å². The van der Waals surface area contributed by atoms with Crippen LogP contribution in [0, 0.1) is 0 Å². The fourth-order valence-electron chi connectivity index (χ4n) is 2.17. The Balaban J connectivity index is 1.73. The fourth-order valence-corrected chi connectivity index (χ4v) is 2.17. The first-order valence-corrected chi connectivity index (χ1v) is 5.23. The monoisotopic (exact) mass is 197 g/mol. The summed E-state index contributed by atoms with van der Waals surface area (Å²) in [6.07, 6.45) is 3.44. The van der Waals surface area contributed by atoms with Gasteiger partial charge in [-0.3, -0.25) is 0 Å². The summed E-state index contributed by atoms with van der Waals surface area (Å²) in [7, 11) is 0. The highest BCUT2D eigenvalue weighted by atomic mass is 16.7. The highest BCUT2D eigenvalue weighted by Gasteiger charge is 2.35. The molecule has 2 bridgehead atoms. The van der Waals surface area contributed by atoms with E-state index in [0.29, 0.717) is 6.10 Å². The molecule has 0 aromatic carbocycles. The van der Waals surface area contributed by atoms with Gasteiger partial charge in [0.1, 0.15) is 0 Å². The maximum absolute atomic E-state index is 5.69. The summed E-state index contributed by atoms with van der Waals surface area (Å²) < 4.78 is 16.6. The zero-order chi connectivity index (χ0) is 9.38. The Hall–Kier alpha value is -0.580. The predicted octanol–water partition coefficient (Wildman–Crippen LogP) is 0.348. The van der Waals surface area contributed by atoms with E-state index >= 15 is 0 Å². The first-order valence-electron chi connectivity index (χ1n) is 5.23. The van der Waals surface area contributed by atoms with E-state index in [2.05, 4.69) is 11.0 Å². The van der Waals surface area contributed by atoms with Crippen molar-refractivity contribution in [2.75, 3.05) is 32.9 Å². The molecule has 2 saturated heterocycles. The molecule has 2 atom stereocenters. The van der Waals surface area contributed by atoms with Gasteiger partial charge in [-0.25, -0.2) is 0 Å². The lowest BCUT2D eigenvalue weighted by Crippen LogP contribution is -2.40. The first-order chi connectivity index (χ1) is 6.93. The Morgan fingerprint density at radius 3 is 3.00 bits per heavy atom. The van der Waals surface area contributed by atoms with Gasteiger partial charge in [-0.1, -0.05) is 6.08 Å². The SMILES string of the molecule is C1=C(N2CCOCC2)[C@@H]2OC[C@H](C1)O2. The Bertz CT molecular complexity index is 248. The van der Waals surface area contributed by atoms with Crippen molar-refractivity contribution in [2.45, 2.75) is 18.8 Å². The van der Waals surface area contributed by atoms with Crippen molar-refractivity contribution >= 4 is 0 Å². The van der Waals surface area contributed by atoms with E-state index in [1.807, 2.05) is 0 Å². The molecule has 78 valence electrons. The second kappa shape index (κ2) is 3.53. The van der Waals surface area contributed by atoms with E-state index in [1.165, 1.54) is 5.70 Å². The van der Waals surface area contributed by atoms with Crippen LogP contribution in [0.15, 0.2) is 11.8 Å². The normalized spacial score (nSPS) is 37.1.